The maximum absolute atomic E-state index is 12.7. The van der Waals surface area contributed by atoms with Gasteiger partial charge in [0, 0.05) is 12.2 Å². The van der Waals surface area contributed by atoms with Crippen molar-refractivity contribution in [1.29, 1.82) is 0 Å². The Morgan fingerprint density at radius 1 is 0.963 bits per heavy atom. The molecule has 3 aromatic rings. The number of hydrogen-bond acceptors (Lipinski definition) is 4. The van der Waals surface area contributed by atoms with Crippen molar-refractivity contribution in [1.82, 2.24) is 9.78 Å². The lowest BCUT2D eigenvalue weighted by molar-refractivity contribution is -0.117. The number of halogens is 1. The van der Waals surface area contributed by atoms with Gasteiger partial charge in [-0.3, -0.25) is 9.59 Å². The first kappa shape index (κ1) is 17.3. The van der Waals surface area contributed by atoms with E-state index in [0.717, 1.165) is 5.69 Å². The maximum atomic E-state index is 12.7. The summed E-state index contributed by atoms with van der Waals surface area (Å²) in [6.45, 7) is 0.604. The van der Waals surface area contributed by atoms with Gasteiger partial charge in [0.15, 0.2) is 0 Å². The third-order valence-electron chi connectivity index (χ3n) is 4.52. The highest BCUT2D eigenvalue weighted by molar-refractivity contribution is 6.33. The molecule has 0 spiro atoms. The Balaban J connectivity index is 1.56. The van der Waals surface area contributed by atoms with Crippen molar-refractivity contribution in [3.63, 3.8) is 0 Å². The zero-order valence-corrected chi connectivity index (χ0v) is 15.1. The number of rotatable bonds is 4. The summed E-state index contributed by atoms with van der Waals surface area (Å²) < 4.78 is 1.24. The molecule has 0 bridgehead atoms. The van der Waals surface area contributed by atoms with E-state index >= 15 is 0 Å². The highest BCUT2D eigenvalue weighted by atomic mass is 35.5. The third-order valence-corrected chi connectivity index (χ3v) is 4.89. The smallest absolute Gasteiger partial charge is 0.292 e. The Bertz CT molecular complexity index is 1020. The Hall–Kier alpha value is -3.12. The standard InChI is InChI=1S/C20H17ClN4O2/c21-18-17(13-22-25(20(18)27)15-9-5-2-6-10-15)23-16-11-12-24(19(16)26)14-7-3-1-4-8-14/h1-10,13,16,23H,11-12H2. The summed E-state index contributed by atoms with van der Waals surface area (Å²) in [5.74, 6) is -0.0514. The average Bonchev–Trinajstić information content (AvgIpc) is 3.07. The number of para-hydroxylation sites is 2. The van der Waals surface area contributed by atoms with Crippen molar-refractivity contribution in [2.45, 2.75) is 12.5 Å². The number of anilines is 2. The van der Waals surface area contributed by atoms with Crippen LogP contribution in [0.3, 0.4) is 0 Å². The molecule has 7 heteroatoms. The zero-order valence-electron chi connectivity index (χ0n) is 14.4. The maximum Gasteiger partial charge on any atom is 0.292 e. The molecule has 1 fully saturated rings. The molecule has 0 aliphatic carbocycles. The molecular formula is C20H17ClN4O2. The second-order valence-electron chi connectivity index (χ2n) is 6.24. The van der Waals surface area contributed by atoms with Crippen molar-refractivity contribution in [2.24, 2.45) is 0 Å². The lowest BCUT2D eigenvalue weighted by Crippen LogP contribution is -2.34. The Labute approximate surface area is 161 Å². The van der Waals surface area contributed by atoms with Gasteiger partial charge in [-0.05, 0) is 30.7 Å². The molecule has 1 atom stereocenters. The molecule has 0 saturated carbocycles. The molecule has 1 aromatic heterocycles. The van der Waals surface area contributed by atoms with E-state index in [1.54, 1.807) is 17.0 Å². The minimum Gasteiger partial charge on any atom is -0.371 e. The molecule has 1 saturated heterocycles. The number of amides is 1. The fourth-order valence-corrected chi connectivity index (χ4v) is 3.34. The Morgan fingerprint density at radius 3 is 2.26 bits per heavy atom. The second kappa shape index (κ2) is 7.25. The van der Waals surface area contributed by atoms with Crippen LogP contribution in [0.15, 0.2) is 71.7 Å². The molecule has 1 aliphatic rings. The van der Waals surface area contributed by atoms with E-state index in [-0.39, 0.29) is 10.9 Å². The number of nitrogens with zero attached hydrogens (tertiary/aromatic N) is 3. The molecule has 1 N–H and O–H groups in total. The van der Waals surface area contributed by atoms with E-state index < -0.39 is 11.6 Å². The average molecular weight is 381 g/mol. The van der Waals surface area contributed by atoms with Crippen LogP contribution in [0.25, 0.3) is 5.69 Å². The van der Waals surface area contributed by atoms with E-state index in [0.29, 0.717) is 24.3 Å². The second-order valence-corrected chi connectivity index (χ2v) is 6.61. The molecule has 4 rings (SSSR count). The number of aromatic nitrogens is 2. The van der Waals surface area contributed by atoms with Crippen molar-refractivity contribution >= 4 is 28.9 Å². The van der Waals surface area contributed by atoms with Gasteiger partial charge in [0.25, 0.3) is 5.56 Å². The number of benzene rings is 2. The van der Waals surface area contributed by atoms with E-state index in [1.165, 1.54) is 10.9 Å². The quantitative estimate of drug-likeness (QED) is 0.755. The van der Waals surface area contributed by atoms with Gasteiger partial charge < -0.3 is 10.2 Å². The number of carbonyl (C=O) groups excluding carboxylic acids is 1. The summed E-state index contributed by atoms with van der Waals surface area (Å²) in [6.07, 6.45) is 2.10. The monoisotopic (exact) mass is 380 g/mol. The molecule has 0 radical (unpaired) electrons. The topological polar surface area (TPSA) is 67.2 Å². The number of hydrogen-bond donors (Lipinski definition) is 1. The highest BCUT2D eigenvalue weighted by Gasteiger charge is 2.33. The zero-order chi connectivity index (χ0) is 18.8. The minimum absolute atomic E-state index is 0.0137. The Kier molecular flexibility index (Phi) is 4.64. The van der Waals surface area contributed by atoms with Crippen LogP contribution in [0.4, 0.5) is 11.4 Å². The third kappa shape index (κ3) is 3.31. The number of carbonyl (C=O) groups is 1. The van der Waals surface area contributed by atoms with Crippen LogP contribution in [0.1, 0.15) is 6.42 Å². The van der Waals surface area contributed by atoms with Gasteiger partial charge in [-0.25, -0.2) is 0 Å². The van der Waals surface area contributed by atoms with Gasteiger partial charge in [-0.2, -0.15) is 9.78 Å². The molecule has 1 unspecified atom stereocenters. The molecular weight excluding hydrogens is 364 g/mol. The van der Waals surface area contributed by atoms with Crippen LogP contribution < -0.4 is 15.8 Å². The summed E-state index contributed by atoms with van der Waals surface area (Å²) in [7, 11) is 0. The van der Waals surface area contributed by atoms with Gasteiger partial charge in [-0.1, -0.05) is 48.0 Å². The van der Waals surface area contributed by atoms with Gasteiger partial charge in [0.2, 0.25) is 5.91 Å². The largest absolute Gasteiger partial charge is 0.371 e. The summed E-state index contributed by atoms with van der Waals surface area (Å²) in [4.78, 5) is 27.0. The summed E-state index contributed by atoms with van der Waals surface area (Å²) >= 11 is 6.27. The van der Waals surface area contributed by atoms with E-state index in [1.807, 2.05) is 48.5 Å². The first-order valence-corrected chi connectivity index (χ1v) is 8.99. The van der Waals surface area contributed by atoms with E-state index in [2.05, 4.69) is 10.4 Å². The Morgan fingerprint density at radius 2 is 1.59 bits per heavy atom. The molecule has 1 aliphatic heterocycles. The summed E-state index contributed by atoms with van der Waals surface area (Å²) in [6, 6.07) is 18.1. The lowest BCUT2D eigenvalue weighted by atomic mass is 10.2. The predicted molar refractivity (Wildman–Crippen MR) is 106 cm³/mol. The van der Waals surface area contributed by atoms with Crippen molar-refractivity contribution in [3.8, 4) is 5.69 Å². The molecule has 1 amide bonds. The first-order valence-electron chi connectivity index (χ1n) is 8.61. The fourth-order valence-electron chi connectivity index (χ4n) is 3.15. The molecule has 2 heterocycles. The van der Waals surface area contributed by atoms with E-state index in [4.69, 9.17) is 11.6 Å². The van der Waals surface area contributed by atoms with Crippen molar-refractivity contribution in [2.75, 3.05) is 16.8 Å². The van der Waals surface area contributed by atoms with Crippen LogP contribution in [0, 0.1) is 0 Å². The van der Waals surface area contributed by atoms with Gasteiger partial charge in [-0.15, -0.1) is 0 Å². The minimum atomic E-state index is -0.448. The SMILES string of the molecule is O=C1C(Nc2cnn(-c3ccccc3)c(=O)c2Cl)CCN1c1ccccc1. The van der Waals surface area contributed by atoms with E-state index in [9.17, 15) is 9.59 Å². The van der Waals surface area contributed by atoms with Crippen LogP contribution in [0.2, 0.25) is 5.02 Å². The first-order chi connectivity index (χ1) is 13.1. The summed E-state index contributed by atoms with van der Waals surface area (Å²) in [5, 5.41) is 7.28. The lowest BCUT2D eigenvalue weighted by Gasteiger charge is -2.18. The molecule has 27 heavy (non-hydrogen) atoms. The summed E-state index contributed by atoms with van der Waals surface area (Å²) in [5.41, 5.74) is 1.42. The highest BCUT2D eigenvalue weighted by Crippen LogP contribution is 2.25. The van der Waals surface area contributed by atoms with Crippen molar-refractivity contribution in [3.05, 3.63) is 82.2 Å². The van der Waals surface area contributed by atoms with Crippen molar-refractivity contribution < 1.29 is 4.79 Å². The van der Waals surface area contributed by atoms with Crippen LogP contribution >= 0.6 is 11.6 Å². The normalized spacial score (nSPS) is 16.6. The fraction of sp³-hybridized carbons (Fsp3) is 0.150. The molecule has 2 aromatic carbocycles. The predicted octanol–water partition coefficient (Wildman–Crippen LogP) is 3.10. The van der Waals surface area contributed by atoms with Gasteiger partial charge in [0.05, 0.1) is 17.6 Å². The van der Waals surface area contributed by atoms with Crippen LogP contribution in [0.5, 0.6) is 0 Å². The molecule has 6 nitrogen and oxygen atoms in total. The molecule has 136 valence electrons. The van der Waals surface area contributed by atoms with Gasteiger partial charge in [0.1, 0.15) is 11.1 Å². The van der Waals surface area contributed by atoms with Crippen LogP contribution in [-0.2, 0) is 4.79 Å². The number of nitrogens with one attached hydrogen (secondary N) is 1. The van der Waals surface area contributed by atoms with Crippen LogP contribution in [-0.4, -0.2) is 28.3 Å². The van der Waals surface area contributed by atoms with Gasteiger partial charge >= 0.3 is 0 Å².